The van der Waals surface area contributed by atoms with Gasteiger partial charge in [0.1, 0.15) is 10.7 Å². The third-order valence-corrected chi connectivity index (χ3v) is 4.88. The number of carbonyl (C=O) groups is 1. The molecule has 0 atom stereocenters. The number of nitrogens with zero attached hydrogens (tertiary/aromatic N) is 1. The number of nitrogen functional groups attached to an aromatic ring is 1. The molecular weight excluding hydrogens is 280 g/mol. The van der Waals surface area contributed by atoms with Gasteiger partial charge in [-0.2, -0.15) is 0 Å². The van der Waals surface area contributed by atoms with Crippen molar-refractivity contribution >= 4 is 39.5 Å². The molecule has 1 amide bonds. The normalized spacial score (nSPS) is 10.4. The Hall–Kier alpha value is -1.60. The van der Waals surface area contributed by atoms with Gasteiger partial charge in [0.05, 0.1) is 6.54 Å². The number of rotatable bonds is 5. The van der Waals surface area contributed by atoms with E-state index in [0.717, 1.165) is 11.3 Å². The average molecular weight is 296 g/mol. The molecule has 0 radical (unpaired) electrons. The van der Waals surface area contributed by atoms with E-state index in [1.165, 1.54) is 16.2 Å². The third-order valence-electron chi connectivity index (χ3n) is 2.56. The molecule has 2 aromatic rings. The highest BCUT2D eigenvalue weighted by molar-refractivity contribution is 7.18. The van der Waals surface area contributed by atoms with Gasteiger partial charge in [0, 0.05) is 16.8 Å². The minimum atomic E-state index is -0.178. The summed E-state index contributed by atoms with van der Waals surface area (Å²) in [7, 11) is 1.75. The molecule has 0 bridgehead atoms. The number of aryl methyl sites for hydroxylation is 1. The van der Waals surface area contributed by atoms with Crippen molar-refractivity contribution in [3.63, 3.8) is 0 Å². The van der Waals surface area contributed by atoms with Crippen molar-refractivity contribution in [2.45, 2.75) is 19.9 Å². The summed E-state index contributed by atoms with van der Waals surface area (Å²) in [6, 6.07) is 4.13. The van der Waals surface area contributed by atoms with Crippen LogP contribution in [0.25, 0.3) is 0 Å². The molecule has 5 nitrogen and oxygen atoms in total. The average Bonchev–Trinajstić information content (AvgIpc) is 3.02. The van der Waals surface area contributed by atoms with Gasteiger partial charge in [-0.3, -0.25) is 4.79 Å². The van der Waals surface area contributed by atoms with E-state index in [4.69, 9.17) is 5.73 Å². The summed E-state index contributed by atoms with van der Waals surface area (Å²) >= 11 is 2.97. The highest BCUT2D eigenvalue weighted by Gasteiger charge is 2.15. The Morgan fingerprint density at radius 3 is 2.68 bits per heavy atom. The number of nitrogens with one attached hydrogen (secondary N) is 2. The van der Waals surface area contributed by atoms with Crippen molar-refractivity contribution in [3.05, 3.63) is 26.8 Å². The summed E-state index contributed by atoms with van der Waals surface area (Å²) in [5, 5.41) is 6.39. The van der Waals surface area contributed by atoms with Crippen molar-refractivity contribution in [2.24, 2.45) is 0 Å². The molecule has 0 aliphatic heterocycles. The molecule has 0 saturated heterocycles. The minimum absolute atomic E-state index is 0.178. The van der Waals surface area contributed by atoms with E-state index in [1.807, 2.05) is 6.07 Å². The lowest BCUT2D eigenvalue weighted by atomic mass is 10.3. The molecule has 2 aromatic heterocycles. The Morgan fingerprint density at radius 2 is 2.11 bits per heavy atom. The fourth-order valence-corrected chi connectivity index (χ4v) is 3.21. The van der Waals surface area contributed by atoms with Crippen LogP contribution >= 0.6 is 22.7 Å². The van der Waals surface area contributed by atoms with Crippen LogP contribution in [-0.2, 0) is 13.0 Å². The van der Waals surface area contributed by atoms with Gasteiger partial charge < -0.3 is 16.4 Å². The number of aromatic nitrogens is 1. The van der Waals surface area contributed by atoms with Gasteiger partial charge in [0.15, 0.2) is 5.13 Å². The highest BCUT2D eigenvalue weighted by Crippen LogP contribution is 2.24. The van der Waals surface area contributed by atoms with E-state index in [-0.39, 0.29) is 11.7 Å². The summed E-state index contributed by atoms with van der Waals surface area (Å²) < 4.78 is 0. The molecule has 7 heteroatoms. The smallest absolute Gasteiger partial charge is 0.265 e. The van der Waals surface area contributed by atoms with Crippen molar-refractivity contribution in [2.75, 3.05) is 18.1 Å². The number of thiophene rings is 1. The Balaban J connectivity index is 1.98. The SMILES string of the molecule is CCc1ccc(CNC(=O)c2sc(NC)nc2N)s1. The maximum absolute atomic E-state index is 12.0. The van der Waals surface area contributed by atoms with E-state index in [1.54, 1.807) is 18.4 Å². The molecule has 2 rings (SSSR count). The Morgan fingerprint density at radius 1 is 1.37 bits per heavy atom. The molecule has 0 saturated carbocycles. The predicted octanol–water partition coefficient (Wildman–Crippen LogP) is 2.32. The van der Waals surface area contributed by atoms with Crippen LogP contribution in [0.2, 0.25) is 0 Å². The first kappa shape index (κ1) is 13.8. The zero-order valence-corrected chi connectivity index (χ0v) is 12.5. The van der Waals surface area contributed by atoms with Gasteiger partial charge >= 0.3 is 0 Å². The Labute approximate surface area is 119 Å². The maximum Gasteiger partial charge on any atom is 0.265 e. The van der Waals surface area contributed by atoms with E-state index in [9.17, 15) is 4.79 Å². The van der Waals surface area contributed by atoms with Gasteiger partial charge in [-0.15, -0.1) is 11.3 Å². The number of thiazole rings is 1. The maximum atomic E-state index is 12.0. The van der Waals surface area contributed by atoms with Crippen LogP contribution in [0.15, 0.2) is 12.1 Å². The summed E-state index contributed by atoms with van der Waals surface area (Å²) in [5.74, 6) is 0.0928. The standard InChI is InChI=1S/C12H16N4OS2/c1-3-7-4-5-8(18-7)6-15-11(17)9-10(13)16-12(14-2)19-9/h4-5H,3,6,13H2,1-2H3,(H,14,16)(H,15,17). The predicted molar refractivity (Wildman–Crippen MR) is 80.9 cm³/mol. The lowest BCUT2D eigenvalue weighted by Gasteiger charge is -2.01. The molecule has 2 heterocycles. The first-order valence-electron chi connectivity index (χ1n) is 5.93. The first-order chi connectivity index (χ1) is 9.13. The summed E-state index contributed by atoms with van der Waals surface area (Å²) in [4.78, 5) is 19.0. The van der Waals surface area contributed by atoms with Crippen molar-refractivity contribution in [3.8, 4) is 0 Å². The second-order valence-electron chi connectivity index (χ2n) is 3.89. The van der Waals surface area contributed by atoms with Gasteiger partial charge in [-0.05, 0) is 18.6 Å². The van der Waals surface area contributed by atoms with E-state index < -0.39 is 0 Å². The molecular formula is C12H16N4OS2. The van der Waals surface area contributed by atoms with Crippen LogP contribution < -0.4 is 16.4 Å². The second kappa shape index (κ2) is 6.03. The number of hydrogen-bond acceptors (Lipinski definition) is 6. The molecule has 0 spiro atoms. The van der Waals surface area contributed by atoms with Crippen molar-refractivity contribution in [1.82, 2.24) is 10.3 Å². The zero-order valence-electron chi connectivity index (χ0n) is 10.8. The van der Waals surface area contributed by atoms with Gasteiger partial charge in [0.25, 0.3) is 5.91 Å². The summed E-state index contributed by atoms with van der Waals surface area (Å²) in [5.41, 5.74) is 5.71. The lowest BCUT2D eigenvalue weighted by Crippen LogP contribution is -2.22. The topological polar surface area (TPSA) is 80.0 Å². The summed E-state index contributed by atoms with van der Waals surface area (Å²) in [6.45, 7) is 2.64. The van der Waals surface area contributed by atoms with Gasteiger partial charge in [-0.25, -0.2) is 4.98 Å². The van der Waals surface area contributed by atoms with Crippen LogP contribution in [-0.4, -0.2) is 17.9 Å². The third kappa shape index (κ3) is 3.24. The van der Waals surface area contributed by atoms with E-state index in [2.05, 4.69) is 28.6 Å². The van der Waals surface area contributed by atoms with Crippen LogP contribution in [0.5, 0.6) is 0 Å². The Bertz CT molecular complexity index is 576. The van der Waals surface area contributed by atoms with Crippen LogP contribution in [0.1, 0.15) is 26.3 Å². The number of nitrogens with two attached hydrogens (primary N) is 1. The minimum Gasteiger partial charge on any atom is -0.382 e. The molecule has 4 N–H and O–H groups in total. The highest BCUT2D eigenvalue weighted by atomic mass is 32.1. The molecule has 0 aromatic carbocycles. The van der Waals surface area contributed by atoms with Crippen LogP contribution in [0.4, 0.5) is 10.9 Å². The summed E-state index contributed by atoms with van der Waals surface area (Å²) in [6.07, 6.45) is 1.02. The number of amides is 1. The van der Waals surface area contributed by atoms with Crippen molar-refractivity contribution in [1.29, 1.82) is 0 Å². The van der Waals surface area contributed by atoms with Gasteiger partial charge in [0.2, 0.25) is 0 Å². The first-order valence-corrected chi connectivity index (χ1v) is 7.57. The molecule has 0 fully saturated rings. The quantitative estimate of drug-likeness (QED) is 0.791. The molecule has 102 valence electrons. The fourth-order valence-electron chi connectivity index (χ4n) is 1.56. The number of hydrogen-bond donors (Lipinski definition) is 3. The number of carbonyl (C=O) groups excluding carboxylic acids is 1. The monoisotopic (exact) mass is 296 g/mol. The number of anilines is 2. The van der Waals surface area contributed by atoms with Crippen LogP contribution in [0, 0.1) is 0 Å². The second-order valence-corrected chi connectivity index (χ2v) is 6.14. The zero-order chi connectivity index (χ0) is 13.8. The largest absolute Gasteiger partial charge is 0.382 e. The molecule has 0 aliphatic rings. The van der Waals surface area contributed by atoms with E-state index in [0.29, 0.717) is 16.6 Å². The van der Waals surface area contributed by atoms with Gasteiger partial charge in [-0.1, -0.05) is 18.3 Å². The molecule has 0 aliphatic carbocycles. The lowest BCUT2D eigenvalue weighted by molar-refractivity contribution is 0.0956. The van der Waals surface area contributed by atoms with Crippen molar-refractivity contribution < 1.29 is 4.79 Å². The van der Waals surface area contributed by atoms with Crippen LogP contribution in [0.3, 0.4) is 0 Å². The molecule has 19 heavy (non-hydrogen) atoms. The van der Waals surface area contributed by atoms with E-state index >= 15 is 0 Å². The Kier molecular flexibility index (Phi) is 4.39. The molecule has 0 unspecified atom stereocenters. The fraction of sp³-hybridized carbons (Fsp3) is 0.333.